The van der Waals surface area contributed by atoms with Crippen molar-refractivity contribution in [1.29, 1.82) is 5.26 Å². The number of halogens is 4. The van der Waals surface area contributed by atoms with Gasteiger partial charge in [0.25, 0.3) is 0 Å². The molecule has 1 atom stereocenters. The number of aryl methyl sites for hydroxylation is 1. The van der Waals surface area contributed by atoms with E-state index in [-0.39, 0.29) is 5.02 Å². The number of pyridine rings is 1. The summed E-state index contributed by atoms with van der Waals surface area (Å²) in [4.78, 5) is 5.10. The Kier molecular flexibility index (Phi) is 5.73. The highest BCUT2D eigenvalue weighted by Gasteiger charge is 2.30. The molecule has 0 aliphatic carbocycles. The normalized spacial score (nSPS) is 14.6. The van der Waals surface area contributed by atoms with E-state index in [9.17, 15) is 17.4 Å². The zero-order valence-corrected chi connectivity index (χ0v) is 17.6. The first kappa shape index (κ1) is 21.3. The predicted octanol–water partition coefficient (Wildman–Crippen LogP) is 5.77. The van der Waals surface area contributed by atoms with E-state index < -0.39 is 22.7 Å². The minimum atomic E-state index is -4.39. The molecule has 4 nitrogen and oxygen atoms in total. The fourth-order valence-corrected chi connectivity index (χ4v) is 4.99. The van der Waals surface area contributed by atoms with E-state index in [0.717, 1.165) is 24.2 Å². The number of hydrogen-bond acceptors (Lipinski definition) is 3. The van der Waals surface area contributed by atoms with Crippen LogP contribution in [0.1, 0.15) is 23.2 Å². The zero-order chi connectivity index (χ0) is 22.2. The lowest BCUT2D eigenvalue weighted by Gasteiger charge is -2.29. The highest BCUT2D eigenvalue weighted by atomic mass is 35.5. The molecule has 1 aliphatic heterocycles. The first-order valence-electron chi connectivity index (χ1n) is 9.34. The number of alkyl halides is 3. The molecular weight excluding hydrogens is 447 g/mol. The molecule has 0 fully saturated rings. The fourth-order valence-electron chi connectivity index (χ4n) is 3.40. The molecule has 2 aromatic carbocycles. The molecule has 31 heavy (non-hydrogen) atoms. The Bertz CT molecular complexity index is 1210. The summed E-state index contributed by atoms with van der Waals surface area (Å²) in [6.45, 7) is 0.554. The van der Waals surface area contributed by atoms with Crippen LogP contribution < -0.4 is 4.31 Å². The summed E-state index contributed by atoms with van der Waals surface area (Å²) in [5.41, 5.74) is 2.17. The van der Waals surface area contributed by atoms with Gasteiger partial charge in [-0.15, -0.1) is 0 Å². The number of nitriles is 1. The van der Waals surface area contributed by atoms with Crippen molar-refractivity contribution in [3.05, 3.63) is 76.4 Å². The predicted molar refractivity (Wildman–Crippen MR) is 113 cm³/mol. The van der Waals surface area contributed by atoms with Crippen molar-refractivity contribution in [2.24, 2.45) is 0 Å². The van der Waals surface area contributed by atoms with Crippen molar-refractivity contribution >= 4 is 28.3 Å². The molecule has 0 saturated heterocycles. The standard InChI is InChI=1S/C22H15ClF3N3OS/c23-18-12-17(8-5-15(18)13-27)31(30)29-11-1-2-20-21(29)10-9-19(28-20)14-3-6-16(7-4-14)22(24,25)26/h3-10,12H,1-2,11H2. The van der Waals surface area contributed by atoms with E-state index in [1.165, 1.54) is 24.3 Å². The van der Waals surface area contributed by atoms with Crippen LogP contribution in [0, 0.1) is 11.3 Å². The number of nitrogens with zero attached hydrogens (tertiary/aromatic N) is 3. The van der Waals surface area contributed by atoms with Crippen LogP contribution >= 0.6 is 11.6 Å². The molecule has 0 N–H and O–H groups in total. The van der Waals surface area contributed by atoms with Gasteiger partial charge in [-0.05, 0) is 55.3 Å². The second kappa shape index (κ2) is 8.33. The highest BCUT2D eigenvalue weighted by molar-refractivity contribution is 7.86. The van der Waals surface area contributed by atoms with E-state index in [0.29, 0.717) is 40.4 Å². The third-order valence-corrected chi connectivity index (χ3v) is 6.71. The SMILES string of the molecule is N#Cc1ccc(S(=O)N2CCCc3nc(-c4ccc(C(F)(F)F)cc4)ccc32)cc1Cl. The Morgan fingerprint density at radius 1 is 1.10 bits per heavy atom. The van der Waals surface area contributed by atoms with E-state index in [1.807, 2.05) is 6.07 Å². The van der Waals surface area contributed by atoms with Gasteiger partial charge >= 0.3 is 6.18 Å². The zero-order valence-electron chi connectivity index (χ0n) is 16.0. The van der Waals surface area contributed by atoms with Crippen molar-refractivity contribution in [1.82, 2.24) is 4.98 Å². The van der Waals surface area contributed by atoms with Gasteiger partial charge < -0.3 is 0 Å². The Labute approximate surface area is 184 Å². The fraction of sp³-hybridized carbons (Fsp3) is 0.182. The van der Waals surface area contributed by atoms with Crippen LogP contribution in [-0.4, -0.2) is 15.7 Å². The van der Waals surface area contributed by atoms with Gasteiger partial charge in [0.2, 0.25) is 0 Å². The number of anilines is 1. The molecule has 1 aliphatic rings. The maximum atomic E-state index is 13.2. The molecule has 0 bridgehead atoms. The summed E-state index contributed by atoms with van der Waals surface area (Å²) in [6, 6.07) is 15.0. The van der Waals surface area contributed by atoms with E-state index in [4.69, 9.17) is 16.9 Å². The van der Waals surface area contributed by atoms with Crippen LogP contribution in [0.4, 0.5) is 18.9 Å². The van der Waals surface area contributed by atoms with Crippen LogP contribution in [0.25, 0.3) is 11.3 Å². The van der Waals surface area contributed by atoms with Crippen LogP contribution in [0.5, 0.6) is 0 Å². The first-order chi connectivity index (χ1) is 14.8. The van der Waals surface area contributed by atoms with Gasteiger partial charge in [0.05, 0.1) is 38.1 Å². The van der Waals surface area contributed by atoms with Gasteiger partial charge in [0.1, 0.15) is 6.07 Å². The van der Waals surface area contributed by atoms with Crippen LogP contribution in [0.15, 0.2) is 59.5 Å². The molecular formula is C22H15ClF3N3OS. The molecule has 158 valence electrons. The van der Waals surface area contributed by atoms with Crippen LogP contribution in [-0.2, 0) is 23.6 Å². The third-order valence-electron chi connectivity index (χ3n) is 4.96. The van der Waals surface area contributed by atoms with E-state index in [1.54, 1.807) is 22.5 Å². The minimum absolute atomic E-state index is 0.237. The molecule has 0 spiro atoms. The molecule has 1 aromatic heterocycles. The quantitative estimate of drug-likeness (QED) is 0.497. The van der Waals surface area contributed by atoms with Gasteiger partial charge in [0.15, 0.2) is 11.0 Å². The summed E-state index contributed by atoms with van der Waals surface area (Å²) in [6.07, 6.45) is -2.99. The Morgan fingerprint density at radius 3 is 2.48 bits per heavy atom. The van der Waals surface area contributed by atoms with Gasteiger partial charge in [-0.25, -0.2) is 4.21 Å². The average Bonchev–Trinajstić information content (AvgIpc) is 2.77. The maximum absolute atomic E-state index is 13.2. The van der Waals surface area contributed by atoms with E-state index >= 15 is 0 Å². The first-order valence-corrected chi connectivity index (χ1v) is 10.8. The molecule has 1 unspecified atom stereocenters. The van der Waals surface area contributed by atoms with Crippen LogP contribution in [0.3, 0.4) is 0 Å². The van der Waals surface area contributed by atoms with Crippen molar-refractivity contribution in [2.45, 2.75) is 23.9 Å². The number of rotatable bonds is 3. The minimum Gasteiger partial charge on any atom is -0.286 e. The summed E-state index contributed by atoms with van der Waals surface area (Å²) in [7, 11) is -1.54. The van der Waals surface area contributed by atoms with Crippen molar-refractivity contribution in [3.63, 3.8) is 0 Å². The van der Waals surface area contributed by atoms with Gasteiger partial charge in [-0.3, -0.25) is 9.29 Å². The van der Waals surface area contributed by atoms with Gasteiger partial charge in [-0.1, -0.05) is 23.7 Å². The Morgan fingerprint density at radius 2 is 1.84 bits per heavy atom. The second-order valence-electron chi connectivity index (χ2n) is 6.95. The lowest BCUT2D eigenvalue weighted by atomic mass is 10.1. The molecule has 4 rings (SSSR count). The summed E-state index contributed by atoms with van der Waals surface area (Å²) in [5.74, 6) is 0. The number of benzene rings is 2. The number of aromatic nitrogens is 1. The molecule has 9 heteroatoms. The highest BCUT2D eigenvalue weighted by Crippen LogP contribution is 2.34. The van der Waals surface area contributed by atoms with Crippen molar-refractivity contribution in [3.8, 4) is 17.3 Å². The molecule has 2 heterocycles. The third kappa shape index (κ3) is 4.29. The molecule has 0 saturated carbocycles. The van der Waals surface area contributed by atoms with Crippen molar-refractivity contribution in [2.75, 3.05) is 10.8 Å². The van der Waals surface area contributed by atoms with Gasteiger partial charge in [-0.2, -0.15) is 18.4 Å². The summed E-state index contributed by atoms with van der Waals surface area (Å²) in [5, 5.41) is 9.25. The topological polar surface area (TPSA) is 57.0 Å². The second-order valence-corrected chi connectivity index (χ2v) is 8.76. The number of hydrogen-bond donors (Lipinski definition) is 0. The molecule has 3 aromatic rings. The average molecular weight is 462 g/mol. The lowest BCUT2D eigenvalue weighted by molar-refractivity contribution is -0.137. The monoisotopic (exact) mass is 461 g/mol. The Balaban J connectivity index is 1.64. The Hall–Kier alpha value is -2.89. The molecule has 0 radical (unpaired) electrons. The lowest BCUT2D eigenvalue weighted by Crippen LogP contribution is -2.31. The van der Waals surface area contributed by atoms with E-state index in [2.05, 4.69) is 4.98 Å². The number of fused-ring (bicyclic) bond motifs is 1. The maximum Gasteiger partial charge on any atom is 0.416 e. The largest absolute Gasteiger partial charge is 0.416 e. The summed E-state index contributed by atoms with van der Waals surface area (Å²) >= 11 is 6.08. The van der Waals surface area contributed by atoms with Crippen molar-refractivity contribution < 1.29 is 17.4 Å². The molecule has 0 amide bonds. The van der Waals surface area contributed by atoms with Crippen LogP contribution in [0.2, 0.25) is 5.02 Å². The smallest absolute Gasteiger partial charge is 0.286 e. The van der Waals surface area contributed by atoms with Gasteiger partial charge in [0, 0.05) is 12.1 Å². The summed E-state index contributed by atoms with van der Waals surface area (Å²) < 4.78 is 53.3.